The summed E-state index contributed by atoms with van der Waals surface area (Å²) >= 11 is 0. The maximum Gasteiger partial charge on any atom is 0.244 e. The Morgan fingerprint density at radius 3 is 2.69 bits per heavy atom. The molecular formula is C9H18N2O2. The third-order valence-electron chi connectivity index (χ3n) is 2.71. The number of hydrogen-bond donors (Lipinski definition) is 2. The standard InChI is InChI=1S/C9H18N2O2/c1-2-13-11-8(12)6-9(7-10)4-3-5-9/h2-7,10H2,1H3,(H,11,12). The molecule has 1 aliphatic carbocycles. The van der Waals surface area contributed by atoms with E-state index in [4.69, 9.17) is 10.6 Å². The Labute approximate surface area is 78.8 Å². The fourth-order valence-electron chi connectivity index (χ4n) is 1.66. The first kappa shape index (κ1) is 10.5. The number of carbonyl (C=O) groups is 1. The SMILES string of the molecule is CCONC(=O)CC1(CN)CCC1. The molecule has 0 aliphatic heterocycles. The van der Waals surface area contributed by atoms with E-state index < -0.39 is 0 Å². The molecule has 3 N–H and O–H groups in total. The summed E-state index contributed by atoms with van der Waals surface area (Å²) in [5, 5.41) is 0. The van der Waals surface area contributed by atoms with Crippen molar-refractivity contribution in [1.29, 1.82) is 0 Å². The van der Waals surface area contributed by atoms with Gasteiger partial charge in [0.1, 0.15) is 0 Å². The van der Waals surface area contributed by atoms with E-state index in [1.165, 1.54) is 6.42 Å². The van der Waals surface area contributed by atoms with Gasteiger partial charge >= 0.3 is 0 Å². The number of amides is 1. The molecule has 76 valence electrons. The Balaban J connectivity index is 2.25. The van der Waals surface area contributed by atoms with Crippen molar-refractivity contribution in [3.8, 4) is 0 Å². The number of hydrogen-bond acceptors (Lipinski definition) is 3. The Hall–Kier alpha value is -0.610. The van der Waals surface area contributed by atoms with Gasteiger partial charge in [0, 0.05) is 6.42 Å². The van der Waals surface area contributed by atoms with Crippen LogP contribution in [-0.2, 0) is 9.63 Å². The second kappa shape index (κ2) is 4.58. The minimum absolute atomic E-state index is 0.0491. The first-order valence-corrected chi connectivity index (χ1v) is 4.83. The van der Waals surface area contributed by atoms with Crippen LogP contribution in [-0.4, -0.2) is 19.1 Å². The summed E-state index contributed by atoms with van der Waals surface area (Å²) in [4.78, 5) is 16.1. The van der Waals surface area contributed by atoms with Crippen molar-refractivity contribution in [2.75, 3.05) is 13.2 Å². The average Bonchev–Trinajstić information content (AvgIpc) is 2.08. The minimum Gasteiger partial charge on any atom is -0.330 e. The zero-order valence-electron chi connectivity index (χ0n) is 8.14. The van der Waals surface area contributed by atoms with Gasteiger partial charge in [-0.3, -0.25) is 9.63 Å². The summed E-state index contributed by atoms with van der Waals surface area (Å²) in [7, 11) is 0. The highest BCUT2D eigenvalue weighted by Crippen LogP contribution is 2.42. The molecule has 0 aromatic rings. The fraction of sp³-hybridized carbons (Fsp3) is 0.889. The van der Waals surface area contributed by atoms with Crippen LogP contribution in [0.5, 0.6) is 0 Å². The first-order chi connectivity index (χ1) is 6.22. The maximum atomic E-state index is 11.3. The molecule has 0 unspecified atom stereocenters. The Bertz CT molecular complexity index is 173. The predicted octanol–water partition coefficient (Wildman–Crippen LogP) is 0.573. The molecule has 4 nitrogen and oxygen atoms in total. The molecule has 1 rings (SSSR count). The third kappa shape index (κ3) is 2.67. The Morgan fingerprint density at radius 2 is 2.31 bits per heavy atom. The molecule has 1 aliphatic rings. The van der Waals surface area contributed by atoms with Crippen molar-refractivity contribution in [1.82, 2.24) is 5.48 Å². The van der Waals surface area contributed by atoms with Crippen LogP contribution >= 0.6 is 0 Å². The van der Waals surface area contributed by atoms with Gasteiger partial charge in [0.2, 0.25) is 5.91 Å². The van der Waals surface area contributed by atoms with E-state index in [1.54, 1.807) is 0 Å². The van der Waals surface area contributed by atoms with Gasteiger partial charge in [-0.15, -0.1) is 0 Å². The van der Waals surface area contributed by atoms with E-state index in [-0.39, 0.29) is 11.3 Å². The van der Waals surface area contributed by atoms with E-state index in [9.17, 15) is 4.79 Å². The molecule has 0 spiro atoms. The van der Waals surface area contributed by atoms with Crippen molar-refractivity contribution in [2.24, 2.45) is 11.1 Å². The van der Waals surface area contributed by atoms with Crippen molar-refractivity contribution in [2.45, 2.75) is 32.6 Å². The number of hydroxylamine groups is 1. The summed E-state index contributed by atoms with van der Waals surface area (Å²) in [6.07, 6.45) is 3.84. The summed E-state index contributed by atoms with van der Waals surface area (Å²) in [5.74, 6) is -0.0491. The lowest BCUT2D eigenvalue weighted by atomic mass is 9.66. The third-order valence-corrected chi connectivity index (χ3v) is 2.71. The van der Waals surface area contributed by atoms with Gasteiger partial charge in [-0.25, -0.2) is 5.48 Å². The van der Waals surface area contributed by atoms with Gasteiger partial charge in [0.25, 0.3) is 0 Å². The normalized spacial score (nSPS) is 19.2. The molecule has 0 radical (unpaired) electrons. The molecule has 0 aromatic heterocycles. The molecule has 1 fully saturated rings. The summed E-state index contributed by atoms with van der Waals surface area (Å²) < 4.78 is 0. The maximum absolute atomic E-state index is 11.3. The van der Waals surface area contributed by atoms with Gasteiger partial charge in [-0.05, 0) is 31.7 Å². The highest BCUT2D eigenvalue weighted by atomic mass is 16.6. The number of nitrogens with one attached hydrogen (secondary N) is 1. The molecule has 1 amide bonds. The molecule has 0 heterocycles. The second-order valence-electron chi connectivity index (χ2n) is 3.69. The number of nitrogens with two attached hydrogens (primary N) is 1. The summed E-state index contributed by atoms with van der Waals surface area (Å²) in [6.45, 7) is 2.94. The van der Waals surface area contributed by atoms with Crippen LogP contribution in [0.1, 0.15) is 32.6 Å². The highest BCUT2D eigenvalue weighted by Gasteiger charge is 2.37. The lowest BCUT2D eigenvalue weighted by molar-refractivity contribution is -0.137. The summed E-state index contributed by atoms with van der Waals surface area (Å²) in [5.41, 5.74) is 8.09. The van der Waals surface area contributed by atoms with E-state index in [0.717, 1.165) is 12.8 Å². The van der Waals surface area contributed by atoms with E-state index in [1.807, 2.05) is 6.92 Å². The molecular weight excluding hydrogens is 168 g/mol. The van der Waals surface area contributed by atoms with Gasteiger partial charge in [0.05, 0.1) is 6.61 Å². The van der Waals surface area contributed by atoms with Crippen LogP contribution in [0.3, 0.4) is 0 Å². The molecule has 4 heteroatoms. The van der Waals surface area contributed by atoms with Gasteiger partial charge in [-0.2, -0.15) is 0 Å². The van der Waals surface area contributed by atoms with Gasteiger partial charge in [0.15, 0.2) is 0 Å². The summed E-state index contributed by atoms with van der Waals surface area (Å²) in [6, 6.07) is 0. The number of rotatable bonds is 5. The average molecular weight is 186 g/mol. The van der Waals surface area contributed by atoms with Crippen molar-refractivity contribution >= 4 is 5.91 Å². The Morgan fingerprint density at radius 1 is 1.62 bits per heavy atom. The van der Waals surface area contributed by atoms with Crippen LogP contribution in [0.2, 0.25) is 0 Å². The quantitative estimate of drug-likeness (QED) is 0.617. The topological polar surface area (TPSA) is 64.3 Å². The smallest absolute Gasteiger partial charge is 0.244 e. The second-order valence-corrected chi connectivity index (χ2v) is 3.69. The van der Waals surface area contributed by atoms with Crippen LogP contribution in [0.25, 0.3) is 0 Å². The molecule has 1 saturated carbocycles. The van der Waals surface area contributed by atoms with Crippen molar-refractivity contribution in [3.63, 3.8) is 0 Å². The molecule has 0 bridgehead atoms. The van der Waals surface area contributed by atoms with Crippen molar-refractivity contribution < 1.29 is 9.63 Å². The molecule has 0 aromatic carbocycles. The molecule has 0 saturated heterocycles. The van der Waals surface area contributed by atoms with Crippen LogP contribution < -0.4 is 11.2 Å². The van der Waals surface area contributed by atoms with Crippen LogP contribution in [0, 0.1) is 5.41 Å². The van der Waals surface area contributed by atoms with E-state index in [0.29, 0.717) is 19.6 Å². The van der Waals surface area contributed by atoms with E-state index >= 15 is 0 Å². The zero-order chi connectivity index (χ0) is 9.73. The number of carbonyl (C=O) groups excluding carboxylic acids is 1. The van der Waals surface area contributed by atoms with E-state index in [2.05, 4.69) is 5.48 Å². The minimum atomic E-state index is -0.0491. The lowest BCUT2D eigenvalue weighted by Gasteiger charge is -2.40. The predicted molar refractivity (Wildman–Crippen MR) is 49.7 cm³/mol. The highest BCUT2D eigenvalue weighted by molar-refractivity contribution is 5.75. The fourth-order valence-corrected chi connectivity index (χ4v) is 1.66. The van der Waals surface area contributed by atoms with Gasteiger partial charge in [-0.1, -0.05) is 6.42 Å². The van der Waals surface area contributed by atoms with Crippen LogP contribution in [0.15, 0.2) is 0 Å². The lowest BCUT2D eigenvalue weighted by Crippen LogP contribution is -2.41. The Kier molecular flexibility index (Phi) is 3.69. The molecule has 0 atom stereocenters. The molecule has 13 heavy (non-hydrogen) atoms. The largest absolute Gasteiger partial charge is 0.330 e. The van der Waals surface area contributed by atoms with Gasteiger partial charge < -0.3 is 5.73 Å². The zero-order valence-corrected chi connectivity index (χ0v) is 8.14. The van der Waals surface area contributed by atoms with Crippen LogP contribution in [0.4, 0.5) is 0 Å². The first-order valence-electron chi connectivity index (χ1n) is 4.83. The van der Waals surface area contributed by atoms with Crippen molar-refractivity contribution in [3.05, 3.63) is 0 Å². The monoisotopic (exact) mass is 186 g/mol.